The van der Waals surface area contributed by atoms with Crippen LogP contribution < -0.4 is 0 Å². The molecule has 1 aliphatic heterocycles. The fraction of sp³-hybridized carbons (Fsp3) is 0.375. The highest BCUT2D eigenvalue weighted by Gasteiger charge is 2.22. The van der Waals surface area contributed by atoms with Gasteiger partial charge in [-0.15, -0.1) is 0 Å². The zero-order valence-corrected chi connectivity index (χ0v) is 16.2. The lowest BCUT2D eigenvalue weighted by Crippen LogP contribution is -2.30. The smallest absolute Gasteiger partial charge is 0.127 e. The molecule has 1 atom stereocenters. The molecule has 3 heteroatoms. The Balaban J connectivity index is 1.63. The number of para-hydroxylation sites is 2. The Labute approximate surface area is 162 Å². The highest BCUT2D eigenvalue weighted by Crippen LogP contribution is 2.27. The van der Waals surface area contributed by atoms with Crippen molar-refractivity contribution in [2.75, 3.05) is 13.1 Å². The first-order valence-corrected chi connectivity index (χ1v) is 10.2. The van der Waals surface area contributed by atoms with Gasteiger partial charge >= 0.3 is 0 Å². The van der Waals surface area contributed by atoms with Gasteiger partial charge in [-0.3, -0.25) is 4.90 Å². The van der Waals surface area contributed by atoms with Gasteiger partial charge in [0.25, 0.3) is 0 Å². The number of aromatic nitrogens is 2. The molecule has 0 N–H and O–H groups in total. The number of likely N-dealkylation sites (tertiary alicyclic amines) is 1. The molecule has 1 saturated heterocycles. The Kier molecular flexibility index (Phi) is 5.69. The second kappa shape index (κ2) is 8.53. The van der Waals surface area contributed by atoms with Crippen LogP contribution in [0.3, 0.4) is 0 Å². The van der Waals surface area contributed by atoms with Crippen molar-refractivity contribution in [3.8, 4) is 0 Å². The van der Waals surface area contributed by atoms with Crippen LogP contribution in [-0.4, -0.2) is 27.5 Å². The van der Waals surface area contributed by atoms with E-state index in [9.17, 15) is 0 Å². The van der Waals surface area contributed by atoms with E-state index in [0.717, 1.165) is 12.1 Å². The normalized spacial score (nSPS) is 17.4. The first-order valence-electron chi connectivity index (χ1n) is 10.2. The number of rotatable bonds is 5. The van der Waals surface area contributed by atoms with Crippen molar-refractivity contribution in [1.29, 1.82) is 0 Å². The average Bonchev–Trinajstić information content (AvgIpc) is 2.88. The molecule has 4 rings (SSSR count). The van der Waals surface area contributed by atoms with Crippen molar-refractivity contribution in [2.24, 2.45) is 0 Å². The van der Waals surface area contributed by atoms with Crippen LogP contribution in [0.4, 0.5) is 0 Å². The summed E-state index contributed by atoms with van der Waals surface area (Å²) < 4.78 is 2.39. The third-order valence-electron chi connectivity index (χ3n) is 5.64. The van der Waals surface area contributed by atoms with Crippen LogP contribution in [-0.2, 0) is 6.54 Å². The molecular weight excluding hydrogens is 330 g/mol. The minimum Gasteiger partial charge on any atom is -0.323 e. The van der Waals surface area contributed by atoms with E-state index >= 15 is 0 Å². The van der Waals surface area contributed by atoms with Gasteiger partial charge in [0.2, 0.25) is 0 Å². The molecule has 140 valence electrons. The fourth-order valence-corrected chi connectivity index (χ4v) is 4.11. The number of imidazole rings is 1. The lowest BCUT2D eigenvalue weighted by Gasteiger charge is -2.27. The second-order valence-corrected chi connectivity index (χ2v) is 7.51. The van der Waals surface area contributed by atoms with E-state index in [2.05, 4.69) is 83.1 Å². The Morgan fingerprint density at radius 2 is 1.63 bits per heavy atom. The number of nitrogens with zero attached hydrogens (tertiary/aromatic N) is 3. The number of benzene rings is 2. The fourth-order valence-electron chi connectivity index (χ4n) is 4.11. The van der Waals surface area contributed by atoms with Crippen LogP contribution >= 0.6 is 0 Å². The van der Waals surface area contributed by atoms with Crippen molar-refractivity contribution >= 4 is 17.1 Å². The molecule has 1 aromatic heterocycles. The standard InChI is InChI=1S/C24H29N3/c1-20(26-17-9-2-3-10-18-26)24-25-22-15-7-8-16-23(22)27(24)19-11-14-21-12-5-4-6-13-21/h4-8,11-16,20H,2-3,9-10,17-19H2,1H3/b14-11+. The number of allylic oxidation sites excluding steroid dienone is 1. The first-order chi connectivity index (χ1) is 13.3. The Bertz CT molecular complexity index is 886. The molecule has 2 aromatic carbocycles. The molecule has 27 heavy (non-hydrogen) atoms. The largest absolute Gasteiger partial charge is 0.323 e. The number of hydrogen-bond donors (Lipinski definition) is 0. The van der Waals surface area contributed by atoms with Crippen LogP contribution in [0.15, 0.2) is 60.7 Å². The molecule has 1 aliphatic rings. The molecule has 0 bridgehead atoms. The molecule has 3 nitrogen and oxygen atoms in total. The summed E-state index contributed by atoms with van der Waals surface area (Å²) in [6.07, 6.45) is 9.78. The highest BCUT2D eigenvalue weighted by molar-refractivity contribution is 5.76. The summed E-state index contributed by atoms with van der Waals surface area (Å²) in [5.41, 5.74) is 3.57. The molecule has 3 aromatic rings. The maximum atomic E-state index is 5.03. The monoisotopic (exact) mass is 359 g/mol. The lowest BCUT2D eigenvalue weighted by molar-refractivity contribution is 0.208. The first kappa shape index (κ1) is 18.0. The summed E-state index contributed by atoms with van der Waals surface area (Å²) in [7, 11) is 0. The minimum atomic E-state index is 0.348. The average molecular weight is 360 g/mol. The van der Waals surface area contributed by atoms with Gasteiger partial charge < -0.3 is 4.57 Å². The van der Waals surface area contributed by atoms with Gasteiger partial charge in [0.15, 0.2) is 0 Å². The van der Waals surface area contributed by atoms with Crippen molar-refractivity contribution in [3.05, 3.63) is 72.1 Å². The van der Waals surface area contributed by atoms with Crippen molar-refractivity contribution < 1.29 is 0 Å². The van der Waals surface area contributed by atoms with E-state index in [-0.39, 0.29) is 0 Å². The number of fused-ring (bicyclic) bond motifs is 1. The van der Waals surface area contributed by atoms with Gasteiger partial charge in [0.1, 0.15) is 5.82 Å². The predicted octanol–water partition coefficient (Wildman–Crippen LogP) is 5.69. The second-order valence-electron chi connectivity index (χ2n) is 7.51. The van der Waals surface area contributed by atoms with Crippen LogP contribution in [0.25, 0.3) is 17.1 Å². The molecular formula is C24H29N3. The Hall–Kier alpha value is -2.39. The summed E-state index contributed by atoms with van der Waals surface area (Å²) in [6.45, 7) is 5.54. The molecule has 0 amide bonds. The highest BCUT2D eigenvalue weighted by atomic mass is 15.2. The van der Waals surface area contributed by atoms with Gasteiger partial charge in [-0.25, -0.2) is 4.98 Å². The zero-order chi connectivity index (χ0) is 18.5. The van der Waals surface area contributed by atoms with E-state index < -0.39 is 0 Å². The zero-order valence-electron chi connectivity index (χ0n) is 16.2. The molecule has 1 unspecified atom stereocenters. The Morgan fingerprint density at radius 1 is 0.926 bits per heavy atom. The van der Waals surface area contributed by atoms with Gasteiger partial charge in [-0.05, 0) is 50.6 Å². The van der Waals surface area contributed by atoms with E-state index in [0.29, 0.717) is 6.04 Å². The summed E-state index contributed by atoms with van der Waals surface area (Å²) in [6, 6.07) is 19.4. The topological polar surface area (TPSA) is 21.1 Å². The van der Waals surface area contributed by atoms with E-state index in [1.54, 1.807) is 0 Å². The van der Waals surface area contributed by atoms with E-state index in [1.807, 2.05) is 0 Å². The predicted molar refractivity (Wildman–Crippen MR) is 114 cm³/mol. The van der Waals surface area contributed by atoms with Crippen molar-refractivity contribution in [1.82, 2.24) is 14.5 Å². The van der Waals surface area contributed by atoms with Crippen LogP contribution in [0.2, 0.25) is 0 Å². The van der Waals surface area contributed by atoms with Crippen LogP contribution in [0, 0.1) is 0 Å². The molecule has 0 saturated carbocycles. The third-order valence-corrected chi connectivity index (χ3v) is 5.64. The van der Waals surface area contributed by atoms with Crippen LogP contribution in [0.5, 0.6) is 0 Å². The van der Waals surface area contributed by atoms with Gasteiger partial charge in [0, 0.05) is 6.54 Å². The molecule has 0 spiro atoms. The van der Waals surface area contributed by atoms with Gasteiger partial charge in [-0.2, -0.15) is 0 Å². The summed E-state index contributed by atoms with van der Waals surface area (Å²) in [5, 5.41) is 0. The maximum absolute atomic E-state index is 5.03. The van der Waals surface area contributed by atoms with Crippen LogP contribution in [0.1, 0.15) is 50.0 Å². The maximum Gasteiger partial charge on any atom is 0.127 e. The summed E-state index contributed by atoms with van der Waals surface area (Å²) in [5.74, 6) is 1.19. The summed E-state index contributed by atoms with van der Waals surface area (Å²) in [4.78, 5) is 7.65. The molecule has 1 fully saturated rings. The third kappa shape index (κ3) is 4.14. The number of hydrogen-bond acceptors (Lipinski definition) is 2. The lowest BCUT2D eigenvalue weighted by atomic mass is 10.2. The molecule has 0 aliphatic carbocycles. The van der Waals surface area contributed by atoms with Crippen molar-refractivity contribution in [3.63, 3.8) is 0 Å². The molecule has 2 heterocycles. The Morgan fingerprint density at radius 3 is 2.41 bits per heavy atom. The summed E-state index contributed by atoms with van der Waals surface area (Å²) >= 11 is 0. The van der Waals surface area contributed by atoms with E-state index in [4.69, 9.17) is 4.98 Å². The molecule has 0 radical (unpaired) electrons. The van der Waals surface area contributed by atoms with E-state index in [1.165, 1.54) is 55.7 Å². The van der Waals surface area contributed by atoms with Crippen molar-refractivity contribution in [2.45, 2.75) is 45.2 Å². The SMILES string of the molecule is CC(c1nc2ccccc2n1C/C=C/c1ccccc1)N1CCCCCC1. The quantitative estimate of drug-likeness (QED) is 0.584. The van der Waals surface area contributed by atoms with Gasteiger partial charge in [-0.1, -0.05) is 67.5 Å². The minimum absolute atomic E-state index is 0.348. The van der Waals surface area contributed by atoms with Gasteiger partial charge in [0.05, 0.1) is 17.1 Å².